The molecule has 0 aliphatic rings. The molecule has 0 amide bonds. The molecule has 0 unspecified atom stereocenters. The lowest BCUT2D eigenvalue weighted by Gasteiger charge is -2.02. The number of halogens is 1. The van der Waals surface area contributed by atoms with Gasteiger partial charge in [-0.3, -0.25) is 0 Å². The van der Waals surface area contributed by atoms with Crippen LogP contribution in [0.25, 0.3) is 5.69 Å². The summed E-state index contributed by atoms with van der Waals surface area (Å²) in [6.45, 7) is 2.21. The summed E-state index contributed by atoms with van der Waals surface area (Å²) in [5.41, 5.74) is 3.39. The number of benzene rings is 1. The van der Waals surface area contributed by atoms with Crippen LogP contribution in [0.4, 0.5) is 0 Å². The summed E-state index contributed by atoms with van der Waals surface area (Å²) >= 11 is 3.37. The predicted molar refractivity (Wildman–Crippen MR) is 72.6 cm³/mol. The Kier molecular flexibility index (Phi) is 4.31. The maximum Gasteiger partial charge on any atom is 0.0937 e. The molecule has 0 spiro atoms. The third-order valence-corrected chi connectivity index (χ3v) is 3.27. The van der Waals surface area contributed by atoms with Crippen LogP contribution in [-0.4, -0.2) is 15.0 Å². The zero-order valence-corrected chi connectivity index (χ0v) is 11.5. The summed E-state index contributed by atoms with van der Waals surface area (Å²) in [5.74, 6) is 0. The smallest absolute Gasteiger partial charge is 0.0937 e. The summed E-state index contributed by atoms with van der Waals surface area (Å²) in [6, 6.07) is 8.52. The fraction of sp³-hybridized carbons (Fsp3) is 0.385. The standard InChI is InChI=1S/C13H16BrN3/c1-2-3-4-11-5-7-13(8-6-11)17-10-12(9-14)15-16-17/h5-8,10H,2-4,9H2,1H3. The number of rotatable bonds is 5. The van der Waals surface area contributed by atoms with Gasteiger partial charge >= 0.3 is 0 Å². The number of hydrogen-bond acceptors (Lipinski definition) is 2. The first kappa shape index (κ1) is 12.3. The van der Waals surface area contributed by atoms with Crippen molar-refractivity contribution in [2.75, 3.05) is 0 Å². The van der Waals surface area contributed by atoms with E-state index in [-0.39, 0.29) is 0 Å². The van der Waals surface area contributed by atoms with E-state index in [1.54, 1.807) is 4.68 Å². The van der Waals surface area contributed by atoms with Crippen LogP contribution in [0.15, 0.2) is 30.5 Å². The van der Waals surface area contributed by atoms with Gasteiger partial charge in [-0.1, -0.05) is 46.6 Å². The molecule has 2 rings (SSSR count). The van der Waals surface area contributed by atoms with E-state index in [9.17, 15) is 0 Å². The fourth-order valence-corrected chi connectivity index (χ4v) is 1.94. The van der Waals surface area contributed by atoms with E-state index >= 15 is 0 Å². The maximum atomic E-state index is 4.09. The molecule has 90 valence electrons. The second-order valence-corrected chi connectivity index (χ2v) is 4.62. The lowest BCUT2D eigenvalue weighted by Crippen LogP contribution is -1.95. The van der Waals surface area contributed by atoms with E-state index < -0.39 is 0 Å². The number of alkyl halides is 1. The van der Waals surface area contributed by atoms with Crippen LogP contribution in [0.3, 0.4) is 0 Å². The molecule has 1 heterocycles. The minimum absolute atomic E-state index is 0.738. The van der Waals surface area contributed by atoms with Crippen molar-refractivity contribution in [2.24, 2.45) is 0 Å². The first-order valence-corrected chi connectivity index (χ1v) is 7.02. The zero-order valence-electron chi connectivity index (χ0n) is 9.93. The predicted octanol–water partition coefficient (Wildman–Crippen LogP) is 3.50. The van der Waals surface area contributed by atoms with Crippen LogP contribution < -0.4 is 0 Å². The first-order valence-electron chi connectivity index (χ1n) is 5.90. The third kappa shape index (κ3) is 3.16. The van der Waals surface area contributed by atoms with Crippen LogP contribution in [0.5, 0.6) is 0 Å². The molecule has 4 heteroatoms. The second kappa shape index (κ2) is 5.96. The highest BCUT2D eigenvalue weighted by Gasteiger charge is 2.01. The highest BCUT2D eigenvalue weighted by atomic mass is 79.9. The van der Waals surface area contributed by atoms with Crippen molar-refractivity contribution < 1.29 is 0 Å². The van der Waals surface area contributed by atoms with Crippen LogP contribution in [0.2, 0.25) is 0 Å². The molecule has 0 aliphatic heterocycles. The van der Waals surface area contributed by atoms with Crippen molar-refractivity contribution in [3.8, 4) is 5.69 Å². The van der Waals surface area contributed by atoms with Crippen molar-refractivity contribution in [3.05, 3.63) is 41.7 Å². The van der Waals surface area contributed by atoms with E-state index in [0.717, 1.165) is 23.1 Å². The molecule has 17 heavy (non-hydrogen) atoms. The number of hydrogen-bond donors (Lipinski definition) is 0. The molecular weight excluding hydrogens is 278 g/mol. The number of nitrogens with zero attached hydrogens (tertiary/aromatic N) is 3. The Bertz CT molecular complexity index is 462. The maximum absolute atomic E-state index is 4.09. The van der Waals surface area contributed by atoms with Gasteiger partial charge in [-0.15, -0.1) is 5.10 Å². The van der Waals surface area contributed by atoms with Gasteiger partial charge in [-0.25, -0.2) is 4.68 Å². The van der Waals surface area contributed by atoms with Crippen molar-refractivity contribution >= 4 is 15.9 Å². The van der Waals surface area contributed by atoms with Gasteiger partial charge < -0.3 is 0 Å². The van der Waals surface area contributed by atoms with E-state index in [1.165, 1.54) is 18.4 Å². The minimum atomic E-state index is 0.738. The van der Waals surface area contributed by atoms with Crippen molar-refractivity contribution in [3.63, 3.8) is 0 Å². The molecule has 0 saturated carbocycles. The van der Waals surface area contributed by atoms with Crippen LogP contribution >= 0.6 is 15.9 Å². The van der Waals surface area contributed by atoms with Gasteiger partial charge in [0.15, 0.2) is 0 Å². The fourth-order valence-electron chi connectivity index (χ4n) is 1.68. The van der Waals surface area contributed by atoms with E-state index in [2.05, 4.69) is 57.4 Å². The first-order chi connectivity index (χ1) is 8.33. The highest BCUT2D eigenvalue weighted by molar-refractivity contribution is 9.08. The molecule has 0 radical (unpaired) electrons. The van der Waals surface area contributed by atoms with E-state index in [0.29, 0.717) is 0 Å². The Morgan fingerprint density at radius 1 is 1.24 bits per heavy atom. The molecule has 1 aromatic carbocycles. The normalized spacial score (nSPS) is 10.7. The number of aromatic nitrogens is 3. The molecule has 2 aromatic rings. The Hall–Kier alpha value is -1.16. The zero-order chi connectivity index (χ0) is 12.1. The van der Waals surface area contributed by atoms with Gasteiger partial charge in [0.1, 0.15) is 0 Å². The van der Waals surface area contributed by atoms with E-state index in [1.807, 2.05) is 6.20 Å². The molecule has 0 atom stereocenters. The second-order valence-electron chi connectivity index (χ2n) is 4.06. The summed E-state index contributed by atoms with van der Waals surface area (Å²) in [7, 11) is 0. The van der Waals surface area contributed by atoms with Crippen LogP contribution in [-0.2, 0) is 11.8 Å². The van der Waals surface area contributed by atoms with Crippen molar-refractivity contribution in [1.82, 2.24) is 15.0 Å². The molecule has 0 saturated heterocycles. The van der Waals surface area contributed by atoms with Crippen LogP contribution in [0, 0.1) is 0 Å². The Morgan fingerprint density at radius 3 is 2.59 bits per heavy atom. The molecular formula is C13H16BrN3. The van der Waals surface area contributed by atoms with Gasteiger partial charge in [-0.05, 0) is 30.5 Å². The van der Waals surface area contributed by atoms with Gasteiger partial charge in [-0.2, -0.15) is 0 Å². The van der Waals surface area contributed by atoms with Crippen LogP contribution in [0.1, 0.15) is 31.0 Å². The van der Waals surface area contributed by atoms with Gasteiger partial charge in [0.25, 0.3) is 0 Å². The molecule has 0 bridgehead atoms. The summed E-state index contributed by atoms with van der Waals surface area (Å²) in [6.07, 6.45) is 5.58. The lowest BCUT2D eigenvalue weighted by atomic mass is 10.1. The van der Waals surface area contributed by atoms with Crippen molar-refractivity contribution in [2.45, 2.75) is 31.5 Å². The number of unbranched alkanes of at least 4 members (excludes halogenated alkanes) is 1. The molecule has 0 aliphatic carbocycles. The van der Waals surface area contributed by atoms with Gasteiger partial charge in [0.05, 0.1) is 17.6 Å². The Labute approximate surface area is 110 Å². The lowest BCUT2D eigenvalue weighted by molar-refractivity contribution is 0.787. The van der Waals surface area contributed by atoms with E-state index in [4.69, 9.17) is 0 Å². The molecule has 0 N–H and O–H groups in total. The number of aryl methyl sites for hydroxylation is 1. The monoisotopic (exact) mass is 293 g/mol. The SMILES string of the molecule is CCCCc1ccc(-n2cc(CBr)nn2)cc1. The summed E-state index contributed by atoms with van der Waals surface area (Å²) < 4.78 is 1.81. The topological polar surface area (TPSA) is 30.7 Å². The quantitative estimate of drug-likeness (QED) is 0.790. The third-order valence-electron chi connectivity index (χ3n) is 2.70. The summed E-state index contributed by atoms with van der Waals surface area (Å²) in [5, 5.41) is 8.87. The minimum Gasteiger partial charge on any atom is -0.220 e. The average molecular weight is 294 g/mol. The Balaban J connectivity index is 2.11. The Morgan fingerprint density at radius 2 is 2.00 bits per heavy atom. The molecule has 1 aromatic heterocycles. The molecule has 3 nitrogen and oxygen atoms in total. The van der Waals surface area contributed by atoms with Gasteiger partial charge in [0.2, 0.25) is 0 Å². The van der Waals surface area contributed by atoms with Crippen molar-refractivity contribution in [1.29, 1.82) is 0 Å². The molecule has 0 fully saturated rings. The highest BCUT2D eigenvalue weighted by Crippen LogP contribution is 2.12. The average Bonchev–Trinajstić information content (AvgIpc) is 2.86. The van der Waals surface area contributed by atoms with Gasteiger partial charge in [0, 0.05) is 5.33 Å². The largest absolute Gasteiger partial charge is 0.220 e. The summed E-state index contributed by atoms with van der Waals surface area (Å²) in [4.78, 5) is 0.